The summed E-state index contributed by atoms with van der Waals surface area (Å²) in [4.78, 5) is 25.2. The van der Waals surface area contributed by atoms with Crippen LogP contribution in [-0.2, 0) is 22.4 Å². The van der Waals surface area contributed by atoms with E-state index in [2.05, 4.69) is 16.7 Å². The summed E-state index contributed by atoms with van der Waals surface area (Å²) < 4.78 is 10.9. The molecular formula is C24H30N2O4. The number of carbonyl (C=O) groups excluding carboxylic acids is 2. The Morgan fingerprint density at radius 3 is 2.63 bits per heavy atom. The van der Waals surface area contributed by atoms with Crippen LogP contribution in [0.25, 0.3) is 0 Å². The molecule has 3 rings (SSSR count). The normalized spacial score (nSPS) is 13.8. The second-order valence-corrected chi connectivity index (χ2v) is 7.53. The second kappa shape index (κ2) is 10.8. The van der Waals surface area contributed by atoms with Crippen molar-refractivity contribution < 1.29 is 19.1 Å². The minimum atomic E-state index is -0.690. The van der Waals surface area contributed by atoms with Crippen molar-refractivity contribution in [2.75, 3.05) is 25.6 Å². The van der Waals surface area contributed by atoms with Crippen molar-refractivity contribution in [3.63, 3.8) is 0 Å². The van der Waals surface area contributed by atoms with Crippen molar-refractivity contribution in [2.24, 2.45) is 0 Å². The summed E-state index contributed by atoms with van der Waals surface area (Å²) in [6, 6.07) is 13.0. The first kappa shape index (κ1) is 21.8. The van der Waals surface area contributed by atoms with E-state index < -0.39 is 6.10 Å². The maximum atomic E-state index is 12.7. The Balaban J connectivity index is 1.60. The fourth-order valence-corrected chi connectivity index (χ4v) is 3.58. The first-order valence-corrected chi connectivity index (χ1v) is 10.5. The second-order valence-electron chi connectivity index (χ2n) is 7.53. The van der Waals surface area contributed by atoms with Crippen LogP contribution in [0.5, 0.6) is 5.75 Å². The predicted octanol–water partition coefficient (Wildman–Crippen LogP) is 3.74. The minimum absolute atomic E-state index is 0.231. The van der Waals surface area contributed by atoms with Crippen LogP contribution < -0.4 is 15.4 Å². The summed E-state index contributed by atoms with van der Waals surface area (Å²) in [7, 11) is 1.63. The summed E-state index contributed by atoms with van der Waals surface area (Å²) >= 11 is 0. The average molecular weight is 411 g/mol. The first-order chi connectivity index (χ1) is 14.6. The molecule has 6 nitrogen and oxygen atoms in total. The SMILES string of the molecule is COCCCNC(=O)c1ccccc1NC(=O)[C@H](C)Oc1ccc2c(c1)CCCC2. The van der Waals surface area contributed by atoms with Gasteiger partial charge >= 0.3 is 0 Å². The molecule has 0 radical (unpaired) electrons. The van der Waals surface area contributed by atoms with Gasteiger partial charge in [-0.05, 0) is 74.4 Å². The number of aryl methyl sites for hydroxylation is 2. The zero-order valence-electron chi connectivity index (χ0n) is 17.7. The zero-order valence-corrected chi connectivity index (χ0v) is 17.7. The Bertz CT molecular complexity index is 881. The van der Waals surface area contributed by atoms with Crippen LogP contribution in [0.1, 0.15) is 47.7 Å². The van der Waals surface area contributed by atoms with Gasteiger partial charge in [0, 0.05) is 20.3 Å². The van der Waals surface area contributed by atoms with Crippen LogP contribution in [0, 0.1) is 0 Å². The fraction of sp³-hybridized carbons (Fsp3) is 0.417. The van der Waals surface area contributed by atoms with Crippen LogP contribution in [0.2, 0.25) is 0 Å². The molecule has 2 aromatic carbocycles. The number of ether oxygens (including phenoxy) is 2. The number of rotatable bonds is 9. The number of carbonyl (C=O) groups is 2. The van der Waals surface area contributed by atoms with E-state index in [-0.39, 0.29) is 11.8 Å². The summed E-state index contributed by atoms with van der Waals surface area (Å²) in [5.74, 6) is 0.167. The van der Waals surface area contributed by atoms with Gasteiger partial charge in [0.05, 0.1) is 11.3 Å². The Hall–Kier alpha value is -2.86. The number of fused-ring (bicyclic) bond motifs is 1. The number of para-hydroxylation sites is 1. The lowest BCUT2D eigenvalue weighted by molar-refractivity contribution is -0.122. The third-order valence-electron chi connectivity index (χ3n) is 5.24. The third-order valence-corrected chi connectivity index (χ3v) is 5.24. The highest BCUT2D eigenvalue weighted by Gasteiger charge is 2.19. The van der Waals surface area contributed by atoms with Gasteiger partial charge in [-0.25, -0.2) is 0 Å². The maximum absolute atomic E-state index is 12.7. The van der Waals surface area contributed by atoms with Gasteiger partial charge in [-0.3, -0.25) is 9.59 Å². The average Bonchev–Trinajstić information content (AvgIpc) is 2.77. The molecule has 1 aliphatic rings. The quantitative estimate of drug-likeness (QED) is 0.618. The number of nitrogens with one attached hydrogen (secondary N) is 2. The lowest BCUT2D eigenvalue weighted by atomic mass is 9.92. The molecule has 0 aliphatic heterocycles. The minimum Gasteiger partial charge on any atom is -0.481 e. The highest BCUT2D eigenvalue weighted by molar-refractivity contribution is 6.04. The van der Waals surface area contributed by atoms with E-state index in [1.54, 1.807) is 38.3 Å². The van der Waals surface area contributed by atoms with Crippen molar-refractivity contribution >= 4 is 17.5 Å². The summed E-state index contributed by atoms with van der Waals surface area (Å²) in [6.45, 7) is 2.80. The molecular weight excluding hydrogens is 380 g/mol. The van der Waals surface area contributed by atoms with Gasteiger partial charge in [0.2, 0.25) is 0 Å². The molecule has 0 saturated carbocycles. The van der Waals surface area contributed by atoms with Gasteiger partial charge in [0.1, 0.15) is 5.75 Å². The van der Waals surface area contributed by atoms with Crippen molar-refractivity contribution in [3.8, 4) is 5.75 Å². The summed E-state index contributed by atoms with van der Waals surface area (Å²) in [5.41, 5.74) is 3.56. The fourth-order valence-electron chi connectivity index (χ4n) is 3.58. The topological polar surface area (TPSA) is 76.7 Å². The predicted molar refractivity (Wildman–Crippen MR) is 117 cm³/mol. The molecule has 0 aromatic heterocycles. The maximum Gasteiger partial charge on any atom is 0.265 e. The number of benzene rings is 2. The monoisotopic (exact) mass is 410 g/mol. The Morgan fingerprint density at radius 2 is 1.83 bits per heavy atom. The van der Waals surface area contributed by atoms with Crippen molar-refractivity contribution in [1.82, 2.24) is 5.32 Å². The van der Waals surface area contributed by atoms with E-state index in [0.717, 1.165) is 19.3 Å². The van der Waals surface area contributed by atoms with E-state index in [1.165, 1.54) is 24.0 Å². The van der Waals surface area contributed by atoms with Gasteiger partial charge in [0.25, 0.3) is 11.8 Å². The molecule has 0 unspecified atom stereocenters. The van der Waals surface area contributed by atoms with Gasteiger partial charge in [0.15, 0.2) is 6.10 Å². The first-order valence-electron chi connectivity index (χ1n) is 10.5. The zero-order chi connectivity index (χ0) is 21.3. The van der Waals surface area contributed by atoms with E-state index in [0.29, 0.717) is 30.2 Å². The molecule has 1 atom stereocenters. The lowest BCUT2D eigenvalue weighted by Crippen LogP contribution is -2.32. The Kier molecular flexibility index (Phi) is 7.85. The molecule has 0 spiro atoms. The van der Waals surface area contributed by atoms with Crippen molar-refractivity contribution in [3.05, 3.63) is 59.2 Å². The van der Waals surface area contributed by atoms with E-state index in [9.17, 15) is 9.59 Å². The van der Waals surface area contributed by atoms with Gasteiger partial charge < -0.3 is 20.1 Å². The largest absolute Gasteiger partial charge is 0.481 e. The molecule has 0 heterocycles. The molecule has 0 saturated heterocycles. The Labute approximate surface area is 178 Å². The van der Waals surface area contributed by atoms with E-state index in [4.69, 9.17) is 9.47 Å². The molecule has 30 heavy (non-hydrogen) atoms. The molecule has 2 amide bonds. The number of amides is 2. The smallest absolute Gasteiger partial charge is 0.265 e. The van der Waals surface area contributed by atoms with Gasteiger partial charge in [-0.2, -0.15) is 0 Å². The van der Waals surface area contributed by atoms with E-state index >= 15 is 0 Å². The van der Waals surface area contributed by atoms with Crippen molar-refractivity contribution in [1.29, 1.82) is 0 Å². The highest BCUT2D eigenvalue weighted by Crippen LogP contribution is 2.26. The summed E-state index contributed by atoms with van der Waals surface area (Å²) in [6.07, 6.45) is 4.62. The molecule has 160 valence electrons. The van der Waals surface area contributed by atoms with Crippen LogP contribution in [0.3, 0.4) is 0 Å². The van der Waals surface area contributed by atoms with E-state index in [1.807, 2.05) is 12.1 Å². The number of methoxy groups -OCH3 is 1. The third kappa shape index (κ3) is 5.83. The molecule has 2 aromatic rings. The standard InChI is InChI=1S/C24H30N2O4/c1-17(30-20-13-12-18-8-3-4-9-19(18)16-20)23(27)26-22-11-6-5-10-21(22)24(28)25-14-7-15-29-2/h5-6,10-13,16-17H,3-4,7-9,14-15H2,1-2H3,(H,25,28)(H,26,27)/t17-/m0/s1. The molecule has 0 bridgehead atoms. The Morgan fingerprint density at radius 1 is 1.07 bits per heavy atom. The number of anilines is 1. The number of hydrogen-bond acceptors (Lipinski definition) is 4. The van der Waals surface area contributed by atoms with Crippen LogP contribution >= 0.6 is 0 Å². The van der Waals surface area contributed by atoms with Crippen LogP contribution in [0.4, 0.5) is 5.69 Å². The van der Waals surface area contributed by atoms with Crippen LogP contribution in [0.15, 0.2) is 42.5 Å². The molecule has 6 heteroatoms. The lowest BCUT2D eigenvalue weighted by Gasteiger charge is -2.19. The molecule has 1 aliphatic carbocycles. The molecule has 0 fully saturated rings. The van der Waals surface area contributed by atoms with Gasteiger partial charge in [-0.1, -0.05) is 18.2 Å². The van der Waals surface area contributed by atoms with Crippen LogP contribution in [-0.4, -0.2) is 38.2 Å². The number of hydrogen-bond donors (Lipinski definition) is 2. The van der Waals surface area contributed by atoms with Crippen molar-refractivity contribution in [2.45, 2.75) is 45.1 Å². The summed E-state index contributed by atoms with van der Waals surface area (Å²) in [5, 5.41) is 5.67. The highest BCUT2D eigenvalue weighted by atomic mass is 16.5. The van der Waals surface area contributed by atoms with Gasteiger partial charge in [-0.15, -0.1) is 0 Å². The molecule has 2 N–H and O–H groups in total.